The molecular weight excluding hydrogens is 318 g/mol. The quantitative estimate of drug-likeness (QED) is 0.809. The Labute approximate surface area is 140 Å². The first-order valence-electron chi connectivity index (χ1n) is 7.54. The lowest BCUT2D eigenvalue weighted by Crippen LogP contribution is -2.41. The molecule has 0 spiro atoms. The standard InChI is InChI=1S/C16H23NO3S2/c1-10-4-5-13-11(8-10)9-14(22-13)15(18)17-12(6-7-21-3)16(19)20-2/h9-10,12H,4-8H2,1-3H3,(H,17,18)/t10-,12-/m0/s1. The van der Waals surface area contributed by atoms with E-state index in [-0.39, 0.29) is 11.9 Å². The van der Waals surface area contributed by atoms with Crippen LogP contribution in [-0.2, 0) is 22.4 Å². The second kappa shape index (κ2) is 8.02. The number of hydrogen-bond acceptors (Lipinski definition) is 5. The highest BCUT2D eigenvalue weighted by molar-refractivity contribution is 7.98. The van der Waals surface area contributed by atoms with Crippen molar-refractivity contribution < 1.29 is 14.3 Å². The fourth-order valence-corrected chi connectivity index (χ4v) is 4.26. The lowest BCUT2D eigenvalue weighted by Gasteiger charge is -2.16. The minimum absolute atomic E-state index is 0.163. The summed E-state index contributed by atoms with van der Waals surface area (Å²) in [6.45, 7) is 2.25. The Morgan fingerprint density at radius 3 is 3.00 bits per heavy atom. The van der Waals surface area contributed by atoms with Gasteiger partial charge in [-0.05, 0) is 55.2 Å². The van der Waals surface area contributed by atoms with Crippen LogP contribution in [0.5, 0.6) is 0 Å². The number of carbonyl (C=O) groups is 2. The van der Waals surface area contributed by atoms with E-state index < -0.39 is 6.04 Å². The Morgan fingerprint density at radius 2 is 2.32 bits per heavy atom. The molecular formula is C16H23NO3S2. The van der Waals surface area contributed by atoms with Gasteiger partial charge < -0.3 is 10.1 Å². The lowest BCUT2D eigenvalue weighted by molar-refractivity contribution is -0.142. The number of aryl methyl sites for hydroxylation is 1. The highest BCUT2D eigenvalue weighted by Crippen LogP contribution is 2.32. The lowest BCUT2D eigenvalue weighted by atomic mass is 9.90. The van der Waals surface area contributed by atoms with Crippen LogP contribution in [0.2, 0.25) is 0 Å². The molecule has 22 heavy (non-hydrogen) atoms. The van der Waals surface area contributed by atoms with Crippen LogP contribution in [-0.4, -0.2) is 37.0 Å². The van der Waals surface area contributed by atoms with Crippen LogP contribution in [0.1, 0.15) is 39.9 Å². The molecule has 1 aromatic heterocycles. The number of hydrogen-bond donors (Lipinski definition) is 1. The molecule has 1 heterocycles. The van der Waals surface area contributed by atoms with E-state index in [1.165, 1.54) is 24.0 Å². The Bertz CT molecular complexity index is 541. The van der Waals surface area contributed by atoms with E-state index in [9.17, 15) is 9.59 Å². The van der Waals surface area contributed by atoms with Gasteiger partial charge in [0.1, 0.15) is 6.04 Å². The molecule has 6 heteroatoms. The molecule has 1 aliphatic rings. The van der Waals surface area contributed by atoms with Gasteiger partial charge >= 0.3 is 5.97 Å². The summed E-state index contributed by atoms with van der Waals surface area (Å²) in [7, 11) is 1.35. The van der Waals surface area contributed by atoms with E-state index in [2.05, 4.69) is 12.2 Å². The summed E-state index contributed by atoms with van der Waals surface area (Å²) in [5.41, 5.74) is 1.30. The van der Waals surface area contributed by atoms with Crippen molar-refractivity contribution in [3.63, 3.8) is 0 Å². The molecule has 2 atom stereocenters. The first-order chi connectivity index (χ1) is 10.5. The molecule has 1 N–H and O–H groups in total. The summed E-state index contributed by atoms with van der Waals surface area (Å²) in [5, 5.41) is 2.82. The number of rotatable bonds is 6. The number of thiophene rings is 1. The zero-order chi connectivity index (χ0) is 16.1. The van der Waals surface area contributed by atoms with Crippen molar-refractivity contribution in [2.24, 2.45) is 5.92 Å². The molecule has 0 fully saturated rings. The summed E-state index contributed by atoms with van der Waals surface area (Å²) in [5.74, 6) is 0.946. The van der Waals surface area contributed by atoms with Gasteiger partial charge in [0.25, 0.3) is 5.91 Å². The molecule has 1 aromatic rings. The van der Waals surface area contributed by atoms with Crippen LogP contribution < -0.4 is 5.32 Å². The Kier molecular flexibility index (Phi) is 6.32. The summed E-state index contributed by atoms with van der Waals surface area (Å²) in [6, 6.07) is 1.43. The molecule has 2 rings (SSSR count). The van der Waals surface area contributed by atoms with Crippen LogP contribution in [0.3, 0.4) is 0 Å². The van der Waals surface area contributed by atoms with Crippen LogP contribution in [0.4, 0.5) is 0 Å². The maximum Gasteiger partial charge on any atom is 0.328 e. The van der Waals surface area contributed by atoms with Gasteiger partial charge in [0.2, 0.25) is 0 Å². The van der Waals surface area contributed by atoms with Crippen molar-refractivity contribution in [1.82, 2.24) is 5.32 Å². The van der Waals surface area contributed by atoms with Gasteiger partial charge in [0, 0.05) is 4.88 Å². The van der Waals surface area contributed by atoms with Gasteiger partial charge in [-0.2, -0.15) is 11.8 Å². The smallest absolute Gasteiger partial charge is 0.328 e. The molecule has 0 radical (unpaired) electrons. The van der Waals surface area contributed by atoms with Crippen LogP contribution >= 0.6 is 23.1 Å². The number of esters is 1. The number of ether oxygens (including phenoxy) is 1. The summed E-state index contributed by atoms with van der Waals surface area (Å²) < 4.78 is 4.78. The highest BCUT2D eigenvalue weighted by Gasteiger charge is 2.25. The van der Waals surface area contributed by atoms with Crippen LogP contribution in [0.25, 0.3) is 0 Å². The number of methoxy groups -OCH3 is 1. The van der Waals surface area contributed by atoms with E-state index in [0.29, 0.717) is 17.2 Å². The molecule has 0 unspecified atom stereocenters. The normalized spacial score (nSPS) is 18.4. The van der Waals surface area contributed by atoms with Crippen molar-refractivity contribution >= 4 is 35.0 Å². The number of amides is 1. The highest BCUT2D eigenvalue weighted by atomic mass is 32.2. The van der Waals surface area contributed by atoms with E-state index >= 15 is 0 Å². The number of thioether (sulfide) groups is 1. The van der Waals surface area contributed by atoms with Crippen molar-refractivity contribution in [2.75, 3.05) is 19.1 Å². The third kappa shape index (κ3) is 4.26. The maximum atomic E-state index is 12.4. The maximum absolute atomic E-state index is 12.4. The predicted octanol–water partition coefficient (Wildman–Crippen LogP) is 2.90. The van der Waals surface area contributed by atoms with Gasteiger partial charge in [0.15, 0.2) is 0 Å². The number of nitrogens with one attached hydrogen (secondary N) is 1. The second-order valence-electron chi connectivity index (χ2n) is 5.74. The van der Waals surface area contributed by atoms with Crippen LogP contribution in [0, 0.1) is 5.92 Å². The van der Waals surface area contributed by atoms with Crippen molar-refractivity contribution in [2.45, 2.75) is 38.6 Å². The zero-order valence-electron chi connectivity index (χ0n) is 13.3. The van der Waals surface area contributed by atoms with Gasteiger partial charge in [-0.15, -0.1) is 11.3 Å². The molecule has 0 saturated carbocycles. The SMILES string of the molecule is COC(=O)[C@H](CCSC)NC(=O)c1cc2c(s1)CC[C@H](C)C2. The van der Waals surface area contributed by atoms with Crippen molar-refractivity contribution in [1.29, 1.82) is 0 Å². The summed E-state index contributed by atoms with van der Waals surface area (Å²) in [6.07, 6.45) is 5.85. The van der Waals surface area contributed by atoms with E-state index in [1.54, 1.807) is 23.1 Å². The second-order valence-corrected chi connectivity index (χ2v) is 7.86. The first kappa shape index (κ1) is 17.3. The average Bonchev–Trinajstić information content (AvgIpc) is 2.93. The Hall–Kier alpha value is -1.01. The Morgan fingerprint density at radius 1 is 1.55 bits per heavy atom. The summed E-state index contributed by atoms with van der Waals surface area (Å²) >= 11 is 3.21. The van der Waals surface area contributed by atoms with E-state index in [1.807, 2.05) is 12.3 Å². The van der Waals surface area contributed by atoms with Gasteiger partial charge in [-0.1, -0.05) is 6.92 Å². The van der Waals surface area contributed by atoms with Crippen molar-refractivity contribution in [3.05, 3.63) is 21.4 Å². The molecule has 0 aromatic carbocycles. The molecule has 122 valence electrons. The van der Waals surface area contributed by atoms with Crippen molar-refractivity contribution in [3.8, 4) is 0 Å². The fourth-order valence-electron chi connectivity index (χ4n) is 2.67. The molecule has 0 bridgehead atoms. The van der Waals surface area contributed by atoms with Gasteiger partial charge in [-0.25, -0.2) is 4.79 Å². The van der Waals surface area contributed by atoms with Crippen LogP contribution in [0.15, 0.2) is 6.07 Å². The number of fused-ring (bicyclic) bond motifs is 1. The monoisotopic (exact) mass is 341 g/mol. The third-order valence-electron chi connectivity index (χ3n) is 3.95. The van der Waals surface area contributed by atoms with Gasteiger partial charge in [-0.3, -0.25) is 4.79 Å². The minimum atomic E-state index is -0.567. The van der Waals surface area contributed by atoms with Gasteiger partial charge in [0.05, 0.1) is 12.0 Å². The molecule has 1 amide bonds. The molecule has 1 aliphatic carbocycles. The predicted molar refractivity (Wildman–Crippen MR) is 91.8 cm³/mol. The first-order valence-corrected chi connectivity index (χ1v) is 9.75. The summed E-state index contributed by atoms with van der Waals surface area (Å²) in [4.78, 5) is 26.2. The average molecular weight is 341 g/mol. The molecule has 0 aliphatic heterocycles. The number of carbonyl (C=O) groups excluding carboxylic acids is 2. The third-order valence-corrected chi connectivity index (χ3v) is 5.83. The largest absolute Gasteiger partial charge is 0.467 e. The molecule has 0 saturated heterocycles. The molecule has 4 nitrogen and oxygen atoms in total. The topological polar surface area (TPSA) is 55.4 Å². The minimum Gasteiger partial charge on any atom is -0.467 e. The Balaban J connectivity index is 2.05. The van der Waals surface area contributed by atoms with E-state index in [0.717, 1.165) is 18.6 Å². The zero-order valence-corrected chi connectivity index (χ0v) is 14.9. The fraction of sp³-hybridized carbons (Fsp3) is 0.625. The van der Waals surface area contributed by atoms with E-state index in [4.69, 9.17) is 4.74 Å².